The van der Waals surface area contributed by atoms with Gasteiger partial charge in [0, 0.05) is 68.3 Å². The van der Waals surface area contributed by atoms with Crippen LogP contribution in [0.5, 0.6) is 5.75 Å². The molecule has 0 bridgehead atoms. The monoisotopic (exact) mass is 607 g/mol. The van der Waals surface area contributed by atoms with Crippen LogP contribution in [0.25, 0.3) is 16.8 Å². The summed E-state index contributed by atoms with van der Waals surface area (Å²) in [7, 11) is 3.44. The molecule has 44 heavy (non-hydrogen) atoms. The van der Waals surface area contributed by atoms with E-state index in [-0.39, 0.29) is 19.1 Å². The van der Waals surface area contributed by atoms with E-state index in [0.717, 1.165) is 16.8 Å². The third-order valence-electron chi connectivity index (χ3n) is 7.38. The molecule has 5 rings (SSSR count). The topological polar surface area (TPSA) is 116 Å². The number of aryl methyl sites for hydroxylation is 1. The maximum absolute atomic E-state index is 14.4. The van der Waals surface area contributed by atoms with Gasteiger partial charge < -0.3 is 24.0 Å². The zero-order chi connectivity index (χ0) is 31.6. The molecule has 0 spiro atoms. The lowest BCUT2D eigenvalue weighted by molar-refractivity contribution is 0.0279. The number of nitrogens with zero attached hydrogens (tertiary/aromatic N) is 7. The first-order valence-electron chi connectivity index (χ1n) is 14.5. The summed E-state index contributed by atoms with van der Waals surface area (Å²) in [5, 5.41) is 13.0. The van der Waals surface area contributed by atoms with E-state index in [9.17, 15) is 14.0 Å². The highest BCUT2D eigenvalue weighted by atomic mass is 19.1. The van der Waals surface area contributed by atoms with Crippen LogP contribution in [0.2, 0.25) is 0 Å². The SMILES string of the molecule is Cc1c(CCOc2cc(F)ccc2-c2ccc3nnc(CN(C)C(=O)OC(C)(C)C)n3c2)c(C(=O)N2CCOCC2)nn1C. The summed E-state index contributed by atoms with van der Waals surface area (Å²) >= 11 is 0. The van der Waals surface area contributed by atoms with Crippen molar-refractivity contribution in [1.29, 1.82) is 0 Å². The molecule has 1 aromatic carbocycles. The maximum atomic E-state index is 14.4. The second-order valence-corrected chi connectivity index (χ2v) is 11.8. The second-order valence-electron chi connectivity index (χ2n) is 11.8. The van der Waals surface area contributed by atoms with Crippen LogP contribution in [0.1, 0.15) is 48.3 Å². The molecular formula is C31H38FN7O5. The van der Waals surface area contributed by atoms with Crippen molar-refractivity contribution in [3.05, 3.63) is 65.1 Å². The summed E-state index contributed by atoms with van der Waals surface area (Å²) in [6, 6.07) is 8.04. The molecule has 1 saturated heterocycles. The van der Waals surface area contributed by atoms with E-state index in [1.165, 1.54) is 17.0 Å². The van der Waals surface area contributed by atoms with E-state index >= 15 is 0 Å². The lowest BCUT2D eigenvalue weighted by Crippen LogP contribution is -2.41. The summed E-state index contributed by atoms with van der Waals surface area (Å²) in [5.74, 6) is 0.320. The van der Waals surface area contributed by atoms with Crippen molar-refractivity contribution in [1.82, 2.24) is 34.2 Å². The molecule has 0 saturated carbocycles. The molecule has 0 aliphatic carbocycles. The highest BCUT2D eigenvalue weighted by Gasteiger charge is 2.26. The average molecular weight is 608 g/mol. The number of rotatable bonds is 8. The number of fused-ring (bicyclic) bond motifs is 1. The van der Waals surface area contributed by atoms with Crippen LogP contribution in [0.15, 0.2) is 36.5 Å². The molecule has 4 heterocycles. The van der Waals surface area contributed by atoms with Crippen molar-refractivity contribution in [3.8, 4) is 16.9 Å². The minimum Gasteiger partial charge on any atom is -0.492 e. The molecule has 3 aromatic heterocycles. The van der Waals surface area contributed by atoms with Crippen molar-refractivity contribution >= 4 is 17.6 Å². The van der Waals surface area contributed by atoms with E-state index in [1.807, 2.05) is 40.0 Å². The van der Waals surface area contributed by atoms with E-state index in [0.29, 0.717) is 61.2 Å². The normalized spacial score (nSPS) is 13.8. The molecule has 1 aliphatic rings. The first kappa shape index (κ1) is 30.9. The molecule has 1 aliphatic heterocycles. The molecule has 0 N–H and O–H groups in total. The Kier molecular flexibility index (Phi) is 8.86. The largest absolute Gasteiger partial charge is 0.492 e. The Morgan fingerprint density at radius 3 is 2.59 bits per heavy atom. The third kappa shape index (κ3) is 6.83. The first-order valence-corrected chi connectivity index (χ1v) is 14.5. The van der Waals surface area contributed by atoms with Crippen molar-refractivity contribution in [2.45, 2.75) is 46.3 Å². The summed E-state index contributed by atoms with van der Waals surface area (Å²) in [5.41, 5.74) is 3.45. The van der Waals surface area contributed by atoms with Gasteiger partial charge in [-0.3, -0.25) is 13.9 Å². The quantitative estimate of drug-likeness (QED) is 0.295. The Hall–Kier alpha value is -4.52. The molecule has 234 valence electrons. The van der Waals surface area contributed by atoms with E-state index in [4.69, 9.17) is 14.2 Å². The fourth-order valence-electron chi connectivity index (χ4n) is 4.98. The lowest BCUT2D eigenvalue weighted by Gasteiger charge is -2.26. The summed E-state index contributed by atoms with van der Waals surface area (Å²) < 4.78 is 34.9. The number of morpholine rings is 1. The van der Waals surface area contributed by atoms with Crippen LogP contribution in [-0.4, -0.2) is 91.7 Å². The summed E-state index contributed by atoms with van der Waals surface area (Å²) in [6.45, 7) is 9.75. The molecule has 12 nitrogen and oxygen atoms in total. The second kappa shape index (κ2) is 12.6. The Balaban J connectivity index is 1.35. The fraction of sp³-hybridized carbons (Fsp3) is 0.452. The van der Waals surface area contributed by atoms with Crippen molar-refractivity contribution in [3.63, 3.8) is 0 Å². The number of ether oxygens (including phenoxy) is 3. The number of aromatic nitrogens is 5. The highest BCUT2D eigenvalue weighted by molar-refractivity contribution is 5.94. The van der Waals surface area contributed by atoms with Gasteiger partial charge in [-0.15, -0.1) is 10.2 Å². The average Bonchev–Trinajstić information content (AvgIpc) is 3.51. The fourth-order valence-corrected chi connectivity index (χ4v) is 4.98. The van der Waals surface area contributed by atoms with Gasteiger partial charge in [-0.25, -0.2) is 9.18 Å². The zero-order valence-electron chi connectivity index (χ0n) is 26.0. The van der Waals surface area contributed by atoms with Crippen LogP contribution in [-0.2, 0) is 29.5 Å². The van der Waals surface area contributed by atoms with Gasteiger partial charge in [-0.05, 0) is 52.0 Å². The number of carbonyl (C=O) groups excluding carboxylic acids is 2. The van der Waals surface area contributed by atoms with Gasteiger partial charge in [0.2, 0.25) is 0 Å². The third-order valence-corrected chi connectivity index (χ3v) is 7.38. The van der Waals surface area contributed by atoms with Gasteiger partial charge in [0.15, 0.2) is 17.2 Å². The summed E-state index contributed by atoms with van der Waals surface area (Å²) in [4.78, 5) is 28.9. The molecular weight excluding hydrogens is 569 g/mol. The van der Waals surface area contributed by atoms with Crippen LogP contribution in [0.3, 0.4) is 0 Å². The van der Waals surface area contributed by atoms with Gasteiger partial charge in [0.05, 0.1) is 26.4 Å². The predicted octanol–water partition coefficient (Wildman–Crippen LogP) is 4.04. The van der Waals surface area contributed by atoms with Gasteiger partial charge in [-0.2, -0.15) is 5.10 Å². The molecule has 13 heteroatoms. The molecule has 0 unspecified atom stereocenters. The molecule has 0 atom stereocenters. The Morgan fingerprint density at radius 1 is 1.11 bits per heavy atom. The minimum atomic E-state index is -0.625. The minimum absolute atomic E-state index is 0.131. The number of carbonyl (C=O) groups is 2. The molecule has 2 amide bonds. The number of amides is 2. The molecule has 1 fully saturated rings. The van der Waals surface area contributed by atoms with Crippen molar-refractivity contribution in [2.75, 3.05) is 40.0 Å². The lowest BCUT2D eigenvalue weighted by atomic mass is 10.1. The zero-order valence-corrected chi connectivity index (χ0v) is 26.0. The van der Waals surface area contributed by atoms with Crippen LogP contribution in [0.4, 0.5) is 9.18 Å². The van der Waals surface area contributed by atoms with E-state index in [1.54, 1.807) is 40.2 Å². The maximum Gasteiger partial charge on any atom is 0.410 e. The number of hydrogen-bond donors (Lipinski definition) is 0. The number of hydrogen-bond acceptors (Lipinski definition) is 8. The van der Waals surface area contributed by atoms with E-state index < -0.39 is 17.5 Å². The van der Waals surface area contributed by atoms with Crippen LogP contribution < -0.4 is 4.74 Å². The summed E-state index contributed by atoms with van der Waals surface area (Å²) in [6.07, 6.45) is 1.77. The first-order chi connectivity index (χ1) is 20.9. The highest BCUT2D eigenvalue weighted by Crippen LogP contribution is 2.32. The predicted molar refractivity (Wildman–Crippen MR) is 160 cm³/mol. The van der Waals surface area contributed by atoms with E-state index in [2.05, 4.69) is 15.3 Å². The van der Waals surface area contributed by atoms with Gasteiger partial charge in [0.25, 0.3) is 5.91 Å². The van der Waals surface area contributed by atoms with Gasteiger partial charge in [-0.1, -0.05) is 0 Å². The standard InChI is InChI=1S/C31H38FN7O5/c1-20-23(28(35-37(20)6)29(40)38-12-15-42-16-13-38)11-14-43-25-17-22(32)8-9-24(25)21-7-10-26-33-34-27(39(26)18-21)19-36(5)30(41)44-31(2,3)4/h7-10,17-18H,11-16,19H2,1-6H3. The van der Waals surface area contributed by atoms with Crippen LogP contribution in [0, 0.1) is 12.7 Å². The van der Waals surface area contributed by atoms with Gasteiger partial charge in [0.1, 0.15) is 17.2 Å². The Labute approximate surface area is 255 Å². The van der Waals surface area contributed by atoms with Gasteiger partial charge >= 0.3 is 6.09 Å². The van der Waals surface area contributed by atoms with Crippen molar-refractivity contribution < 1.29 is 28.2 Å². The van der Waals surface area contributed by atoms with Crippen LogP contribution >= 0.6 is 0 Å². The Bertz CT molecular complexity index is 1670. The molecule has 0 radical (unpaired) electrons. The smallest absolute Gasteiger partial charge is 0.410 e. The number of benzene rings is 1. The molecule has 4 aromatic rings. The van der Waals surface area contributed by atoms with Crippen molar-refractivity contribution in [2.24, 2.45) is 7.05 Å². The number of halogens is 1. The number of pyridine rings is 1. The Morgan fingerprint density at radius 2 is 1.86 bits per heavy atom.